The average Bonchev–Trinajstić information content (AvgIpc) is 3.07. The highest BCUT2D eigenvalue weighted by Gasteiger charge is 2.35. The lowest BCUT2D eigenvalue weighted by Crippen LogP contribution is -2.07. The maximum Gasteiger partial charge on any atom is 0.435 e. The molecule has 0 bridgehead atoms. The summed E-state index contributed by atoms with van der Waals surface area (Å²) in [6.07, 6.45) is -1.64. The van der Waals surface area contributed by atoms with Crippen molar-refractivity contribution in [2.75, 3.05) is 12.0 Å². The van der Waals surface area contributed by atoms with Crippen molar-refractivity contribution >= 4 is 11.8 Å². The molecular formula is C19H16F4N2S. The molecule has 26 heavy (non-hydrogen) atoms. The molecule has 0 N–H and O–H groups in total. The molecule has 2 nitrogen and oxygen atoms in total. The molecule has 0 unspecified atom stereocenters. The molecular weight excluding hydrogens is 364 g/mol. The van der Waals surface area contributed by atoms with Gasteiger partial charge in [-0.1, -0.05) is 24.3 Å². The number of aryl methyl sites for hydroxylation is 1. The van der Waals surface area contributed by atoms with Crippen LogP contribution in [0.3, 0.4) is 0 Å². The van der Waals surface area contributed by atoms with Crippen molar-refractivity contribution in [2.24, 2.45) is 0 Å². The summed E-state index contributed by atoms with van der Waals surface area (Å²) in [6, 6.07) is 13.6. The van der Waals surface area contributed by atoms with Gasteiger partial charge in [0.2, 0.25) is 0 Å². The standard InChI is InChI=1S/C19H16F4N2S/c1-26-11-10-13-2-4-14(5-3-13)17-12-18(19(21,22)23)24-25(17)16-8-6-15(20)7-9-16/h2-9,12H,10-11H2,1H3. The van der Waals surface area contributed by atoms with E-state index in [0.29, 0.717) is 16.9 Å². The smallest absolute Gasteiger partial charge is 0.233 e. The highest BCUT2D eigenvalue weighted by Crippen LogP contribution is 2.33. The molecule has 1 aromatic heterocycles. The van der Waals surface area contributed by atoms with Crippen LogP contribution in [0.25, 0.3) is 16.9 Å². The molecule has 0 aliphatic heterocycles. The number of benzene rings is 2. The summed E-state index contributed by atoms with van der Waals surface area (Å²) >= 11 is 1.73. The molecule has 0 aliphatic rings. The Morgan fingerprint density at radius 1 is 1.00 bits per heavy atom. The van der Waals surface area contributed by atoms with Crippen LogP contribution < -0.4 is 0 Å². The first-order valence-electron chi connectivity index (χ1n) is 7.90. The highest BCUT2D eigenvalue weighted by atomic mass is 32.2. The van der Waals surface area contributed by atoms with Crippen molar-refractivity contribution < 1.29 is 17.6 Å². The monoisotopic (exact) mass is 380 g/mol. The fourth-order valence-electron chi connectivity index (χ4n) is 2.57. The van der Waals surface area contributed by atoms with Gasteiger partial charge in [-0.15, -0.1) is 0 Å². The van der Waals surface area contributed by atoms with E-state index in [1.165, 1.54) is 28.9 Å². The summed E-state index contributed by atoms with van der Waals surface area (Å²) < 4.78 is 53.8. The first kappa shape index (κ1) is 18.5. The average molecular weight is 380 g/mol. The molecule has 7 heteroatoms. The summed E-state index contributed by atoms with van der Waals surface area (Å²) in [5, 5.41) is 3.70. The number of hydrogen-bond acceptors (Lipinski definition) is 2. The number of rotatable bonds is 5. The quantitative estimate of drug-likeness (QED) is 0.536. The topological polar surface area (TPSA) is 17.8 Å². The van der Waals surface area contributed by atoms with Crippen LogP contribution in [0.1, 0.15) is 11.3 Å². The van der Waals surface area contributed by atoms with Gasteiger partial charge in [0.25, 0.3) is 0 Å². The van der Waals surface area contributed by atoms with Crippen molar-refractivity contribution in [1.82, 2.24) is 9.78 Å². The highest BCUT2D eigenvalue weighted by molar-refractivity contribution is 7.98. The number of halogens is 4. The van der Waals surface area contributed by atoms with Crippen LogP contribution in [0.4, 0.5) is 17.6 Å². The van der Waals surface area contributed by atoms with E-state index in [9.17, 15) is 17.6 Å². The number of hydrogen-bond donors (Lipinski definition) is 0. The minimum Gasteiger partial charge on any atom is -0.233 e. The van der Waals surface area contributed by atoms with Crippen LogP contribution in [-0.2, 0) is 12.6 Å². The number of nitrogens with zero attached hydrogens (tertiary/aromatic N) is 2. The summed E-state index contributed by atoms with van der Waals surface area (Å²) in [7, 11) is 0. The van der Waals surface area contributed by atoms with E-state index in [4.69, 9.17) is 0 Å². The molecule has 0 amide bonds. The van der Waals surface area contributed by atoms with Crippen LogP contribution in [0.2, 0.25) is 0 Å². The third-order valence-corrected chi connectivity index (χ3v) is 4.53. The normalized spacial score (nSPS) is 11.7. The second-order valence-corrected chi connectivity index (χ2v) is 6.73. The third kappa shape index (κ3) is 4.09. The van der Waals surface area contributed by atoms with E-state index in [1.807, 2.05) is 18.4 Å². The second kappa shape index (κ2) is 7.53. The summed E-state index contributed by atoms with van der Waals surface area (Å²) in [4.78, 5) is 0. The van der Waals surface area contributed by atoms with Crippen LogP contribution in [0, 0.1) is 5.82 Å². The Morgan fingerprint density at radius 3 is 2.23 bits per heavy atom. The molecule has 3 aromatic rings. The van der Waals surface area contributed by atoms with E-state index in [1.54, 1.807) is 23.9 Å². The molecule has 2 aromatic carbocycles. The van der Waals surface area contributed by atoms with E-state index in [0.717, 1.165) is 23.8 Å². The number of thioether (sulfide) groups is 1. The Balaban J connectivity index is 2.04. The zero-order valence-corrected chi connectivity index (χ0v) is 14.7. The van der Waals surface area contributed by atoms with Gasteiger partial charge in [-0.25, -0.2) is 9.07 Å². The van der Waals surface area contributed by atoms with Gasteiger partial charge in [0.15, 0.2) is 5.69 Å². The summed E-state index contributed by atoms with van der Waals surface area (Å²) in [5.41, 5.74) is 1.42. The van der Waals surface area contributed by atoms with Crippen molar-refractivity contribution in [2.45, 2.75) is 12.6 Å². The van der Waals surface area contributed by atoms with Gasteiger partial charge in [-0.2, -0.15) is 30.0 Å². The van der Waals surface area contributed by atoms with Crippen LogP contribution >= 0.6 is 11.8 Å². The van der Waals surface area contributed by atoms with Crippen molar-refractivity contribution in [3.63, 3.8) is 0 Å². The van der Waals surface area contributed by atoms with Gasteiger partial charge in [0.05, 0.1) is 11.4 Å². The molecule has 0 saturated carbocycles. The predicted molar refractivity (Wildman–Crippen MR) is 96.0 cm³/mol. The van der Waals surface area contributed by atoms with Crippen LogP contribution in [-0.4, -0.2) is 21.8 Å². The van der Waals surface area contributed by atoms with Gasteiger partial charge >= 0.3 is 6.18 Å². The molecule has 0 atom stereocenters. The molecule has 3 rings (SSSR count). The van der Waals surface area contributed by atoms with E-state index in [-0.39, 0.29) is 0 Å². The Morgan fingerprint density at radius 2 is 1.65 bits per heavy atom. The summed E-state index contributed by atoms with van der Waals surface area (Å²) in [6.45, 7) is 0. The fraction of sp³-hybridized carbons (Fsp3) is 0.211. The molecule has 136 valence electrons. The minimum absolute atomic E-state index is 0.306. The van der Waals surface area contributed by atoms with Gasteiger partial charge < -0.3 is 0 Å². The van der Waals surface area contributed by atoms with Gasteiger partial charge in [-0.3, -0.25) is 0 Å². The van der Waals surface area contributed by atoms with Gasteiger partial charge in [0.1, 0.15) is 5.82 Å². The number of alkyl halides is 3. The second-order valence-electron chi connectivity index (χ2n) is 5.74. The first-order valence-corrected chi connectivity index (χ1v) is 9.29. The lowest BCUT2D eigenvalue weighted by molar-refractivity contribution is -0.141. The zero-order chi connectivity index (χ0) is 18.7. The SMILES string of the molecule is CSCCc1ccc(-c2cc(C(F)(F)F)nn2-c2ccc(F)cc2)cc1. The first-order chi connectivity index (χ1) is 12.4. The summed E-state index contributed by atoms with van der Waals surface area (Å²) in [5.74, 6) is 0.516. The van der Waals surface area contributed by atoms with Gasteiger partial charge in [0, 0.05) is 5.56 Å². The molecule has 0 saturated heterocycles. The molecule has 0 fully saturated rings. The van der Waals surface area contributed by atoms with Crippen molar-refractivity contribution in [3.8, 4) is 16.9 Å². The largest absolute Gasteiger partial charge is 0.435 e. The fourth-order valence-corrected chi connectivity index (χ4v) is 3.01. The zero-order valence-electron chi connectivity index (χ0n) is 13.9. The molecule has 1 heterocycles. The maximum atomic E-state index is 13.2. The van der Waals surface area contributed by atoms with Crippen molar-refractivity contribution in [3.05, 3.63) is 71.7 Å². The van der Waals surface area contributed by atoms with Crippen LogP contribution in [0.15, 0.2) is 54.6 Å². The van der Waals surface area contributed by atoms with E-state index >= 15 is 0 Å². The Bertz CT molecular complexity index is 868. The number of aromatic nitrogens is 2. The van der Waals surface area contributed by atoms with Gasteiger partial charge in [-0.05, 0) is 54.3 Å². The van der Waals surface area contributed by atoms with E-state index < -0.39 is 17.7 Å². The Kier molecular flexibility index (Phi) is 5.36. The molecule has 0 spiro atoms. The third-order valence-electron chi connectivity index (χ3n) is 3.92. The Labute approximate surface area is 152 Å². The lowest BCUT2D eigenvalue weighted by Gasteiger charge is -2.08. The molecule has 0 radical (unpaired) electrons. The Hall–Kier alpha value is -2.28. The predicted octanol–water partition coefficient (Wildman–Crippen LogP) is 5.60. The molecule has 0 aliphatic carbocycles. The van der Waals surface area contributed by atoms with Crippen LogP contribution in [0.5, 0.6) is 0 Å². The minimum atomic E-state index is -4.56. The van der Waals surface area contributed by atoms with E-state index in [2.05, 4.69) is 5.10 Å². The van der Waals surface area contributed by atoms with Crippen molar-refractivity contribution in [1.29, 1.82) is 0 Å². The lowest BCUT2D eigenvalue weighted by atomic mass is 10.1. The maximum absolute atomic E-state index is 13.2.